The predicted octanol–water partition coefficient (Wildman–Crippen LogP) is 2.87. The van der Waals surface area contributed by atoms with E-state index in [4.69, 9.17) is 0 Å². The number of carboxylic acids is 1. The van der Waals surface area contributed by atoms with Gasteiger partial charge < -0.3 is 10.4 Å². The molecule has 0 fully saturated rings. The van der Waals surface area contributed by atoms with Gasteiger partial charge in [0.1, 0.15) is 11.4 Å². The number of carbonyl (C=O) groups is 2. The number of nitrogens with zero attached hydrogens (tertiary/aromatic N) is 2. The Bertz CT molecular complexity index is 862. The lowest BCUT2D eigenvalue weighted by molar-refractivity contribution is -0.143. The van der Waals surface area contributed by atoms with E-state index in [1.54, 1.807) is 23.7 Å². The van der Waals surface area contributed by atoms with Crippen LogP contribution in [0, 0.1) is 5.82 Å². The van der Waals surface area contributed by atoms with E-state index in [1.165, 1.54) is 19.1 Å². The predicted molar refractivity (Wildman–Crippen MR) is 94.0 cm³/mol. The molecule has 2 aromatic rings. The van der Waals surface area contributed by atoms with Crippen molar-refractivity contribution in [3.05, 3.63) is 47.0 Å². The average Bonchev–Trinajstić information content (AvgIpc) is 3.01. The van der Waals surface area contributed by atoms with E-state index in [2.05, 4.69) is 10.4 Å². The summed E-state index contributed by atoms with van der Waals surface area (Å²) in [7, 11) is 0. The minimum Gasteiger partial charge on any atom is -0.480 e. The second kappa shape index (κ2) is 6.90. The van der Waals surface area contributed by atoms with Gasteiger partial charge in [0.15, 0.2) is 5.69 Å². The zero-order valence-electron chi connectivity index (χ0n) is 14.9. The summed E-state index contributed by atoms with van der Waals surface area (Å²) >= 11 is 0. The van der Waals surface area contributed by atoms with E-state index in [1.807, 2.05) is 0 Å². The van der Waals surface area contributed by atoms with Gasteiger partial charge in [-0.25, -0.2) is 13.9 Å². The largest absolute Gasteiger partial charge is 0.480 e. The fourth-order valence-corrected chi connectivity index (χ4v) is 3.21. The Labute approximate surface area is 151 Å². The van der Waals surface area contributed by atoms with Crippen molar-refractivity contribution in [3.8, 4) is 5.69 Å². The first-order valence-corrected chi connectivity index (χ1v) is 8.78. The molecule has 6 nitrogen and oxygen atoms in total. The van der Waals surface area contributed by atoms with Gasteiger partial charge in [0.2, 0.25) is 0 Å². The van der Waals surface area contributed by atoms with Crippen LogP contribution in [-0.2, 0) is 17.6 Å². The summed E-state index contributed by atoms with van der Waals surface area (Å²) in [5.74, 6) is -1.98. The van der Waals surface area contributed by atoms with Crippen LogP contribution >= 0.6 is 0 Å². The molecule has 7 heteroatoms. The average molecular weight is 359 g/mol. The maximum atomic E-state index is 13.6. The number of rotatable bonds is 5. The molecule has 3 rings (SSSR count). The van der Waals surface area contributed by atoms with Crippen LogP contribution in [0.25, 0.3) is 5.69 Å². The van der Waals surface area contributed by atoms with Gasteiger partial charge in [-0.1, -0.05) is 13.0 Å². The molecular formula is C19H22FN3O3. The first kappa shape index (κ1) is 18.1. The maximum Gasteiger partial charge on any atom is 0.329 e. The molecule has 0 spiro atoms. The molecule has 26 heavy (non-hydrogen) atoms. The molecule has 1 aromatic carbocycles. The van der Waals surface area contributed by atoms with Crippen molar-refractivity contribution in [2.45, 2.75) is 51.5 Å². The number of carbonyl (C=O) groups excluding carboxylic acids is 1. The first-order chi connectivity index (χ1) is 12.4. The van der Waals surface area contributed by atoms with Crippen molar-refractivity contribution < 1.29 is 19.1 Å². The van der Waals surface area contributed by atoms with Crippen LogP contribution < -0.4 is 5.32 Å². The van der Waals surface area contributed by atoms with Crippen molar-refractivity contribution >= 4 is 11.9 Å². The van der Waals surface area contributed by atoms with Crippen LogP contribution in [0.3, 0.4) is 0 Å². The third-order valence-corrected chi connectivity index (χ3v) is 5.02. The van der Waals surface area contributed by atoms with Crippen molar-refractivity contribution in [1.29, 1.82) is 0 Å². The number of hydrogen-bond acceptors (Lipinski definition) is 3. The van der Waals surface area contributed by atoms with E-state index in [9.17, 15) is 19.1 Å². The molecule has 1 aliphatic rings. The van der Waals surface area contributed by atoms with Gasteiger partial charge in [-0.3, -0.25) is 4.79 Å². The Balaban J connectivity index is 2.03. The van der Waals surface area contributed by atoms with Crippen LogP contribution in [0.2, 0.25) is 0 Å². The quantitative estimate of drug-likeness (QED) is 0.860. The summed E-state index contributed by atoms with van der Waals surface area (Å²) < 4.78 is 15.2. The second-order valence-corrected chi connectivity index (χ2v) is 6.82. The molecule has 0 saturated carbocycles. The number of nitrogens with one attached hydrogen (secondary N) is 1. The normalized spacial score (nSPS) is 15.8. The molecule has 0 radical (unpaired) electrons. The van der Waals surface area contributed by atoms with E-state index >= 15 is 0 Å². The van der Waals surface area contributed by atoms with Gasteiger partial charge in [-0.2, -0.15) is 5.10 Å². The highest BCUT2D eigenvalue weighted by Gasteiger charge is 2.35. The Kier molecular flexibility index (Phi) is 4.80. The highest BCUT2D eigenvalue weighted by atomic mass is 19.1. The summed E-state index contributed by atoms with van der Waals surface area (Å²) in [6, 6.07) is 6.06. The summed E-state index contributed by atoms with van der Waals surface area (Å²) in [4.78, 5) is 24.3. The molecule has 2 N–H and O–H groups in total. The molecule has 0 aliphatic heterocycles. The standard InChI is InChI=1S/C19H22FN3O3/c1-3-19(2,18(25)26)21-17(24)16-14-9-4-5-10-15(14)23(22-16)13-8-6-7-12(20)11-13/h6-8,11H,3-5,9-10H2,1-2H3,(H,21,24)(H,25,26). The topological polar surface area (TPSA) is 84.2 Å². The molecule has 1 aliphatic carbocycles. The lowest BCUT2D eigenvalue weighted by Crippen LogP contribution is -2.52. The molecule has 0 saturated heterocycles. The van der Waals surface area contributed by atoms with Crippen molar-refractivity contribution in [3.63, 3.8) is 0 Å². The van der Waals surface area contributed by atoms with Gasteiger partial charge in [0.25, 0.3) is 5.91 Å². The molecule has 1 atom stereocenters. The lowest BCUT2D eigenvalue weighted by atomic mass is 9.94. The van der Waals surface area contributed by atoms with E-state index in [0.717, 1.165) is 30.5 Å². The summed E-state index contributed by atoms with van der Waals surface area (Å²) in [5.41, 5.74) is 1.13. The van der Waals surface area contributed by atoms with Crippen LogP contribution in [0.4, 0.5) is 4.39 Å². The van der Waals surface area contributed by atoms with Crippen LogP contribution in [0.5, 0.6) is 0 Å². The van der Waals surface area contributed by atoms with Crippen LogP contribution in [0.1, 0.15) is 54.9 Å². The van der Waals surface area contributed by atoms with Crippen molar-refractivity contribution in [2.75, 3.05) is 0 Å². The van der Waals surface area contributed by atoms with E-state index in [0.29, 0.717) is 12.1 Å². The third kappa shape index (κ3) is 3.21. The van der Waals surface area contributed by atoms with Crippen molar-refractivity contribution in [1.82, 2.24) is 15.1 Å². The minimum absolute atomic E-state index is 0.227. The zero-order chi connectivity index (χ0) is 18.9. The second-order valence-electron chi connectivity index (χ2n) is 6.82. The SMILES string of the molecule is CCC(C)(NC(=O)c1nn(-c2cccc(F)c2)c2c1CCCC2)C(=O)O. The summed E-state index contributed by atoms with van der Waals surface area (Å²) in [6.07, 6.45) is 3.60. The number of carboxylic acid groups (broad SMARTS) is 1. The molecular weight excluding hydrogens is 337 g/mol. The van der Waals surface area contributed by atoms with Gasteiger partial charge >= 0.3 is 5.97 Å². The highest BCUT2D eigenvalue weighted by Crippen LogP contribution is 2.27. The van der Waals surface area contributed by atoms with Crippen molar-refractivity contribution in [2.24, 2.45) is 0 Å². The number of benzene rings is 1. The van der Waals surface area contributed by atoms with E-state index < -0.39 is 17.4 Å². The Hall–Kier alpha value is -2.70. The monoisotopic (exact) mass is 359 g/mol. The van der Waals surface area contributed by atoms with Gasteiger partial charge in [0, 0.05) is 11.3 Å². The number of halogens is 1. The van der Waals surface area contributed by atoms with Crippen LogP contribution in [-0.4, -0.2) is 32.3 Å². The Morgan fingerprint density at radius 3 is 2.73 bits per heavy atom. The van der Waals surface area contributed by atoms with E-state index in [-0.39, 0.29) is 17.9 Å². The van der Waals surface area contributed by atoms with Gasteiger partial charge in [-0.05, 0) is 57.2 Å². The first-order valence-electron chi connectivity index (χ1n) is 8.78. The zero-order valence-corrected chi connectivity index (χ0v) is 14.9. The number of aliphatic carboxylic acids is 1. The molecule has 1 heterocycles. The molecule has 0 bridgehead atoms. The maximum absolute atomic E-state index is 13.6. The highest BCUT2D eigenvalue weighted by molar-refractivity contribution is 5.97. The Morgan fingerprint density at radius 1 is 1.35 bits per heavy atom. The summed E-state index contributed by atoms with van der Waals surface area (Å²) in [5, 5.41) is 16.4. The molecule has 138 valence electrons. The number of hydrogen-bond donors (Lipinski definition) is 2. The molecule has 1 aromatic heterocycles. The van der Waals surface area contributed by atoms with Gasteiger partial charge in [0.05, 0.1) is 5.69 Å². The number of amides is 1. The molecule has 1 unspecified atom stereocenters. The number of aromatic nitrogens is 2. The molecule has 1 amide bonds. The third-order valence-electron chi connectivity index (χ3n) is 5.02. The minimum atomic E-state index is -1.36. The smallest absolute Gasteiger partial charge is 0.329 e. The van der Waals surface area contributed by atoms with Gasteiger partial charge in [-0.15, -0.1) is 0 Å². The number of fused-ring (bicyclic) bond motifs is 1. The fourth-order valence-electron chi connectivity index (χ4n) is 3.21. The summed E-state index contributed by atoms with van der Waals surface area (Å²) in [6.45, 7) is 3.18. The van der Waals surface area contributed by atoms with Crippen LogP contribution in [0.15, 0.2) is 24.3 Å². The fraction of sp³-hybridized carbons (Fsp3) is 0.421. The lowest BCUT2D eigenvalue weighted by Gasteiger charge is -2.24. The Morgan fingerprint density at radius 2 is 2.08 bits per heavy atom.